The molecule has 1 saturated heterocycles. The molecule has 3 rings (SSSR count). The van der Waals surface area contributed by atoms with E-state index in [0.29, 0.717) is 6.54 Å². The smallest absolute Gasteiger partial charge is 0.223 e. The molecular formula is C23H29FN2O2. The molecule has 1 aliphatic rings. The summed E-state index contributed by atoms with van der Waals surface area (Å²) in [6.45, 7) is 4.30. The van der Waals surface area contributed by atoms with Crippen molar-refractivity contribution in [3.05, 3.63) is 65.5 Å². The Morgan fingerprint density at radius 1 is 1.18 bits per heavy atom. The first kappa shape index (κ1) is 20.3. The van der Waals surface area contributed by atoms with Gasteiger partial charge in [0.05, 0.1) is 13.2 Å². The van der Waals surface area contributed by atoms with E-state index in [1.807, 2.05) is 36.4 Å². The van der Waals surface area contributed by atoms with Crippen LogP contribution in [0.5, 0.6) is 5.75 Å². The van der Waals surface area contributed by atoms with E-state index in [2.05, 4.69) is 17.1 Å². The largest absolute Gasteiger partial charge is 0.497 e. The van der Waals surface area contributed by atoms with Crippen molar-refractivity contribution < 1.29 is 13.9 Å². The molecule has 5 heteroatoms. The van der Waals surface area contributed by atoms with Crippen molar-refractivity contribution in [3.8, 4) is 5.75 Å². The van der Waals surface area contributed by atoms with E-state index in [1.165, 1.54) is 6.07 Å². The number of piperidine rings is 1. The topological polar surface area (TPSA) is 41.6 Å². The van der Waals surface area contributed by atoms with Gasteiger partial charge in [-0.1, -0.05) is 37.3 Å². The van der Waals surface area contributed by atoms with E-state index in [-0.39, 0.29) is 23.7 Å². The van der Waals surface area contributed by atoms with Crippen molar-refractivity contribution in [3.63, 3.8) is 0 Å². The van der Waals surface area contributed by atoms with Crippen LogP contribution in [0.2, 0.25) is 0 Å². The first-order valence-electron chi connectivity index (χ1n) is 10.0. The minimum atomic E-state index is -0.160. The lowest BCUT2D eigenvalue weighted by atomic mass is 9.94. The molecule has 1 atom stereocenters. The first-order valence-corrected chi connectivity index (χ1v) is 10.0. The maximum absolute atomic E-state index is 13.8. The number of amides is 1. The van der Waals surface area contributed by atoms with Crippen LogP contribution in [0, 0.1) is 11.7 Å². The summed E-state index contributed by atoms with van der Waals surface area (Å²) < 4.78 is 19.0. The monoisotopic (exact) mass is 384 g/mol. The Kier molecular flexibility index (Phi) is 7.04. The molecule has 0 spiro atoms. The van der Waals surface area contributed by atoms with Gasteiger partial charge >= 0.3 is 0 Å². The van der Waals surface area contributed by atoms with E-state index in [4.69, 9.17) is 4.74 Å². The number of nitrogens with zero attached hydrogens (tertiary/aromatic N) is 1. The van der Waals surface area contributed by atoms with Crippen molar-refractivity contribution in [1.29, 1.82) is 0 Å². The molecule has 2 aromatic rings. The van der Waals surface area contributed by atoms with Gasteiger partial charge in [-0.3, -0.25) is 9.69 Å². The summed E-state index contributed by atoms with van der Waals surface area (Å²) in [5.74, 6) is 0.789. The minimum Gasteiger partial charge on any atom is -0.497 e. The SMILES string of the molecule is CCC(NC(=O)C1CCN(Cc2ccccc2F)CC1)c1ccc(OC)cc1. The highest BCUT2D eigenvalue weighted by atomic mass is 19.1. The van der Waals surface area contributed by atoms with Gasteiger partial charge in [0.2, 0.25) is 5.91 Å². The van der Waals surface area contributed by atoms with E-state index in [1.54, 1.807) is 13.2 Å². The van der Waals surface area contributed by atoms with Gasteiger partial charge in [-0.25, -0.2) is 4.39 Å². The number of benzene rings is 2. The van der Waals surface area contributed by atoms with Crippen LogP contribution in [-0.2, 0) is 11.3 Å². The summed E-state index contributed by atoms with van der Waals surface area (Å²) >= 11 is 0. The Balaban J connectivity index is 1.51. The summed E-state index contributed by atoms with van der Waals surface area (Å²) in [6, 6.07) is 14.8. The van der Waals surface area contributed by atoms with E-state index in [0.717, 1.165) is 49.2 Å². The molecule has 0 bridgehead atoms. The lowest BCUT2D eigenvalue weighted by Crippen LogP contribution is -2.41. The van der Waals surface area contributed by atoms with Crippen LogP contribution in [-0.4, -0.2) is 31.0 Å². The Bertz CT molecular complexity index is 770. The molecular weight excluding hydrogens is 355 g/mol. The number of carbonyl (C=O) groups excluding carboxylic acids is 1. The van der Waals surface area contributed by atoms with Gasteiger partial charge in [-0.15, -0.1) is 0 Å². The van der Waals surface area contributed by atoms with E-state index in [9.17, 15) is 9.18 Å². The summed E-state index contributed by atoms with van der Waals surface area (Å²) in [4.78, 5) is 15.0. The summed E-state index contributed by atoms with van der Waals surface area (Å²) in [5.41, 5.74) is 1.81. The fraction of sp³-hybridized carbons (Fsp3) is 0.435. The molecule has 28 heavy (non-hydrogen) atoms. The predicted molar refractivity (Wildman–Crippen MR) is 109 cm³/mol. The van der Waals surface area contributed by atoms with Crippen molar-refractivity contribution in [1.82, 2.24) is 10.2 Å². The second kappa shape index (κ2) is 9.69. The molecule has 0 radical (unpaired) electrons. The molecule has 1 unspecified atom stereocenters. The molecule has 1 fully saturated rings. The lowest BCUT2D eigenvalue weighted by molar-refractivity contribution is -0.127. The highest BCUT2D eigenvalue weighted by Crippen LogP contribution is 2.24. The van der Waals surface area contributed by atoms with Gasteiger partial charge in [-0.2, -0.15) is 0 Å². The van der Waals surface area contributed by atoms with Crippen molar-refractivity contribution in [2.75, 3.05) is 20.2 Å². The number of carbonyl (C=O) groups is 1. The quantitative estimate of drug-likeness (QED) is 0.773. The van der Waals surface area contributed by atoms with E-state index < -0.39 is 0 Å². The number of hydrogen-bond acceptors (Lipinski definition) is 3. The standard InChI is InChI=1S/C23H29FN2O2/c1-3-22(17-8-10-20(28-2)11-9-17)25-23(27)18-12-14-26(15-13-18)16-19-6-4-5-7-21(19)24/h4-11,18,22H,3,12-16H2,1-2H3,(H,25,27). The maximum Gasteiger partial charge on any atom is 0.223 e. The van der Waals surface area contributed by atoms with Crippen molar-refractivity contribution in [2.24, 2.45) is 5.92 Å². The van der Waals surface area contributed by atoms with Crippen molar-refractivity contribution >= 4 is 5.91 Å². The molecule has 1 N–H and O–H groups in total. The zero-order valence-electron chi connectivity index (χ0n) is 16.7. The Morgan fingerprint density at radius 2 is 1.86 bits per heavy atom. The second-order valence-electron chi connectivity index (χ2n) is 7.38. The fourth-order valence-electron chi connectivity index (χ4n) is 3.77. The van der Waals surface area contributed by atoms with Crippen molar-refractivity contribution in [2.45, 2.75) is 38.8 Å². The highest BCUT2D eigenvalue weighted by molar-refractivity contribution is 5.79. The molecule has 1 amide bonds. The predicted octanol–water partition coefficient (Wildman–Crippen LogP) is 4.31. The molecule has 2 aromatic carbocycles. The second-order valence-corrected chi connectivity index (χ2v) is 7.38. The van der Waals surface area contributed by atoms with Crippen LogP contribution in [0.25, 0.3) is 0 Å². The summed E-state index contributed by atoms with van der Waals surface area (Å²) in [7, 11) is 1.65. The molecule has 0 aromatic heterocycles. The van der Waals surface area contributed by atoms with Crippen LogP contribution < -0.4 is 10.1 Å². The Morgan fingerprint density at radius 3 is 2.46 bits per heavy atom. The molecule has 0 aliphatic carbocycles. The number of rotatable bonds is 7. The third-order valence-electron chi connectivity index (χ3n) is 5.55. The highest BCUT2D eigenvalue weighted by Gasteiger charge is 2.26. The van der Waals surface area contributed by atoms with E-state index >= 15 is 0 Å². The average molecular weight is 384 g/mol. The van der Waals surface area contributed by atoms with Gasteiger partial charge in [0.25, 0.3) is 0 Å². The van der Waals surface area contributed by atoms with Crippen LogP contribution in [0.4, 0.5) is 4.39 Å². The molecule has 1 aliphatic heterocycles. The Hall–Kier alpha value is -2.40. The fourth-order valence-corrected chi connectivity index (χ4v) is 3.77. The first-order chi connectivity index (χ1) is 13.6. The number of ether oxygens (including phenoxy) is 1. The third-order valence-corrected chi connectivity index (χ3v) is 5.55. The number of halogens is 1. The molecule has 150 valence electrons. The number of hydrogen-bond donors (Lipinski definition) is 1. The Labute approximate surface area is 166 Å². The molecule has 0 saturated carbocycles. The van der Waals surface area contributed by atoms with Crippen LogP contribution >= 0.6 is 0 Å². The summed E-state index contributed by atoms with van der Waals surface area (Å²) in [6.07, 6.45) is 2.45. The van der Waals surface area contributed by atoms with Crippen LogP contribution in [0.3, 0.4) is 0 Å². The van der Waals surface area contributed by atoms with Gasteiger partial charge in [0, 0.05) is 18.0 Å². The number of methoxy groups -OCH3 is 1. The van der Waals surface area contributed by atoms with Gasteiger partial charge in [0.1, 0.15) is 11.6 Å². The zero-order valence-corrected chi connectivity index (χ0v) is 16.7. The number of nitrogens with one attached hydrogen (secondary N) is 1. The number of likely N-dealkylation sites (tertiary alicyclic amines) is 1. The zero-order chi connectivity index (χ0) is 19.9. The lowest BCUT2D eigenvalue weighted by Gasteiger charge is -2.32. The average Bonchev–Trinajstić information content (AvgIpc) is 2.74. The van der Waals surface area contributed by atoms with Crippen LogP contribution in [0.15, 0.2) is 48.5 Å². The normalized spacial score (nSPS) is 16.5. The van der Waals surface area contributed by atoms with Gasteiger partial charge in [0.15, 0.2) is 0 Å². The van der Waals surface area contributed by atoms with Crippen LogP contribution in [0.1, 0.15) is 43.4 Å². The molecule has 4 nitrogen and oxygen atoms in total. The van der Waals surface area contributed by atoms with Gasteiger partial charge < -0.3 is 10.1 Å². The summed E-state index contributed by atoms with van der Waals surface area (Å²) in [5, 5.41) is 3.21. The van der Waals surface area contributed by atoms with Gasteiger partial charge in [-0.05, 0) is 56.1 Å². The maximum atomic E-state index is 13.8. The molecule has 1 heterocycles. The third kappa shape index (κ3) is 5.10. The minimum absolute atomic E-state index is 0.00912.